The van der Waals surface area contributed by atoms with Crippen molar-refractivity contribution in [3.05, 3.63) is 71.2 Å². The number of methoxy groups -OCH3 is 1. The summed E-state index contributed by atoms with van der Waals surface area (Å²) < 4.78 is 10.9. The number of benzene rings is 2. The summed E-state index contributed by atoms with van der Waals surface area (Å²) in [5, 5.41) is 15.8. The summed E-state index contributed by atoms with van der Waals surface area (Å²) in [6, 6.07) is 17.7. The molecule has 148 valence electrons. The molecule has 0 fully saturated rings. The van der Waals surface area contributed by atoms with E-state index in [0.717, 1.165) is 22.5 Å². The first-order valence-electron chi connectivity index (χ1n) is 9.21. The van der Waals surface area contributed by atoms with Crippen LogP contribution in [0.5, 0.6) is 0 Å². The van der Waals surface area contributed by atoms with Crippen molar-refractivity contribution in [1.29, 1.82) is 5.26 Å². The number of hydrogen-bond acceptors (Lipinski definition) is 6. The summed E-state index contributed by atoms with van der Waals surface area (Å²) in [6.45, 7) is 4.92. The number of rotatable bonds is 7. The number of nitriles is 1. The number of anilines is 3. The van der Waals surface area contributed by atoms with Crippen LogP contribution in [0.4, 0.5) is 17.3 Å². The van der Waals surface area contributed by atoms with Gasteiger partial charge in [0.05, 0.1) is 13.2 Å². The summed E-state index contributed by atoms with van der Waals surface area (Å²) >= 11 is 0. The molecule has 0 spiro atoms. The Morgan fingerprint density at radius 2 is 1.69 bits per heavy atom. The lowest BCUT2D eigenvalue weighted by molar-refractivity contribution is 0.208. The second-order valence-electron chi connectivity index (χ2n) is 6.51. The van der Waals surface area contributed by atoms with Gasteiger partial charge in [0.15, 0.2) is 5.84 Å². The second-order valence-corrected chi connectivity index (χ2v) is 6.51. The van der Waals surface area contributed by atoms with Crippen LogP contribution in [-0.2, 0) is 4.74 Å². The summed E-state index contributed by atoms with van der Waals surface area (Å²) in [5.41, 5.74) is 4.10. The second kappa shape index (κ2) is 9.53. The van der Waals surface area contributed by atoms with Crippen LogP contribution in [0.25, 0.3) is 0 Å². The number of aromatic nitrogens is 1. The fourth-order valence-electron chi connectivity index (χ4n) is 2.53. The topological polar surface area (TPSA) is 95.5 Å². The van der Waals surface area contributed by atoms with Crippen LogP contribution in [0, 0.1) is 25.2 Å². The van der Waals surface area contributed by atoms with E-state index in [4.69, 9.17) is 9.15 Å². The molecular weight excluding hydrogens is 366 g/mol. The number of hydrogen-bond donors (Lipinski definition) is 2. The average Bonchev–Trinajstić information content (AvgIpc) is 3.13. The molecule has 0 unspecified atom stereocenters. The minimum Gasteiger partial charge on any atom is -0.416 e. The molecule has 7 nitrogen and oxygen atoms in total. The molecule has 2 aromatic carbocycles. The van der Waals surface area contributed by atoms with Gasteiger partial charge in [-0.25, -0.2) is 0 Å². The highest BCUT2D eigenvalue weighted by Gasteiger charge is 2.18. The Kier molecular flexibility index (Phi) is 6.61. The molecule has 1 heterocycles. The van der Waals surface area contributed by atoms with Crippen molar-refractivity contribution in [2.24, 2.45) is 4.99 Å². The van der Waals surface area contributed by atoms with Gasteiger partial charge in [-0.15, -0.1) is 0 Å². The third kappa shape index (κ3) is 5.43. The van der Waals surface area contributed by atoms with Gasteiger partial charge in [0.25, 0.3) is 5.89 Å². The molecule has 0 aliphatic rings. The molecule has 1 aromatic heterocycles. The Hall–Kier alpha value is -3.63. The van der Waals surface area contributed by atoms with Crippen LogP contribution in [0.15, 0.2) is 57.9 Å². The zero-order valence-electron chi connectivity index (χ0n) is 16.7. The molecule has 3 rings (SSSR count). The first-order chi connectivity index (χ1) is 14.1. The van der Waals surface area contributed by atoms with Gasteiger partial charge in [0, 0.05) is 18.5 Å². The molecule has 0 atom stereocenters. The van der Waals surface area contributed by atoms with E-state index in [1.807, 2.05) is 62.4 Å². The maximum Gasteiger partial charge on any atom is 0.265 e. The summed E-state index contributed by atoms with van der Waals surface area (Å²) in [6.07, 6.45) is 0. The van der Waals surface area contributed by atoms with Crippen LogP contribution < -0.4 is 10.6 Å². The number of amidine groups is 1. The van der Waals surface area contributed by atoms with E-state index in [2.05, 4.69) is 26.7 Å². The first kappa shape index (κ1) is 20.1. The lowest BCUT2D eigenvalue weighted by atomic mass is 10.2. The largest absolute Gasteiger partial charge is 0.416 e. The van der Waals surface area contributed by atoms with Gasteiger partial charge in [0.1, 0.15) is 6.07 Å². The maximum absolute atomic E-state index is 9.48. The first-order valence-corrected chi connectivity index (χ1v) is 9.21. The van der Waals surface area contributed by atoms with E-state index in [0.29, 0.717) is 19.0 Å². The van der Waals surface area contributed by atoms with Gasteiger partial charge in [-0.1, -0.05) is 35.4 Å². The summed E-state index contributed by atoms with van der Waals surface area (Å²) in [4.78, 5) is 8.81. The predicted octanol–water partition coefficient (Wildman–Crippen LogP) is 4.41. The van der Waals surface area contributed by atoms with Crippen LogP contribution in [-0.4, -0.2) is 31.1 Å². The standard InChI is InChI=1S/C22H23N5O2/c1-15-4-8-17(9-5-15)25-20(24-12-13-28-3)22-27-19(14-23)21(29-22)26-18-10-6-16(2)7-11-18/h4-11,26H,12-13H2,1-3H3,(H,24,25). The third-order valence-corrected chi connectivity index (χ3v) is 4.12. The molecule has 0 aliphatic carbocycles. The molecule has 0 amide bonds. The van der Waals surface area contributed by atoms with Gasteiger partial charge in [-0.05, 0) is 38.1 Å². The Morgan fingerprint density at radius 3 is 2.28 bits per heavy atom. The lowest BCUT2D eigenvalue weighted by Crippen LogP contribution is -2.16. The molecule has 3 aromatic rings. The van der Waals surface area contributed by atoms with Crippen LogP contribution in [0.1, 0.15) is 22.7 Å². The van der Waals surface area contributed by atoms with Crippen molar-refractivity contribution in [2.45, 2.75) is 13.8 Å². The number of nitrogens with zero attached hydrogens (tertiary/aromatic N) is 3. The number of aliphatic imine (C=N–C) groups is 1. The summed E-state index contributed by atoms with van der Waals surface area (Å²) in [5.74, 6) is 0.934. The third-order valence-electron chi connectivity index (χ3n) is 4.12. The fourth-order valence-corrected chi connectivity index (χ4v) is 2.53. The van der Waals surface area contributed by atoms with Crippen molar-refractivity contribution >= 4 is 23.1 Å². The predicted molar refractivity (Wildman–Crippen MR) is 114 cm³/mol. The van der Waals surface area contributed by atoms with Crippen molar-refractivity contribution in [2.75, 3.05) is 30.9 Å². The Labute approximate surface area is 170 Å². The smallest absolute Gasteiger partial charge is 0.265 e. The molecule has 0 radical (unpaired) electrons. The van der Waals surface area contributed by atoms with Gasteiger partial charge >= 0.3 is 0 Å². The van der Waals surface area contributed by atoms with Crippen LogP contribution in [0.2, 0.25) is 0 Å². The minimum absolute atomic E-state index is 0.158. The number of nitrogens with one attached hydrogen (secondary N) is 2. The molecule has 0 aliphatic heterocycles. The highest BCUT2D eigenvalue weighted by atomic mass is 16.5. The molecule has 0 saturated carbocycles. The van der Waals surface area contributed by atoms with E-state index in [-0.39, 0.29) is 17.5 Å². The fraction of sp³-hybridized carbons (Fsp3) is 0.227. The summed E-state index contributed by atoms with van der Waals surface area (Å²) in [7, 11) is 1.62. The highest BCUT2D eigenvalue weighted by Crippen LogP contribution is 2.23. The molecule has 29 heavy (non-hydrogen) atoms. The van der Waals surface area contributed by atoms with E-state index in [9.17, 15) is 5.26 Å². The van der Waals surface area contributed by atoms with E-state index < -0.39 is 0 Å². The number of oxazole rings is 1. The van der Waals surface area contributed by atoms with Gasteiger partial charge in [-0.3, -0.25) is 4.99 Å². The Bertz CT molecular complexity index is 1010. The minimum atomic E-state index is 0.158. The molecule has 2 N–H and O–H groups in total. The van der Waals surface area contributed by atoms with Crippen molar-refractivity contribution in [3.8, 4) is 6.07 Å². The van der Waals surface area contributed by atoms with Gasteiger partial charge < -0.3 is 19.8 Å². The molecular formula is C22H23N5O2. The van der Waals surface area contributed by atoms with Crippen molar-refractivity contribution in [3.63, 3.8) is 0 Å². The quantitative estimate of drug-likeness (QED) is 0.353. The van der Waals surface area contributed by atoms with Gasteiger partial charge in [0.2, 0.25) is 11.6 Å². The zero-order chi connectivity index (χ0) is 20.6. The monoisotopic (exact) mass is 389 g/mol. The maximum atomic E-state index is 9.48. The molecule has 0 bridgehead atoms. The van der Waals surface area contributed by atoms with Crippen molar-refractivity contribution in [1.82, 2.24) is 4.98 Å². The van der Waals surface area contributed by atoms with Gasteiger partial charge in [-0.2, -0.15) is 10.2 Å². The highest BCUT2D eigenvalue weighted by molar-refractivity contribution is 6.05. The normalized spacial score (nSPS) is 11.2. The zero-order valence-corrected chi connectivity index (χ0v) is 16.7. The van der Waals surface area contributed by atoms with Crippen LogP contribution >= 0.6 is 0 Å². The van der Waals surface area contributed by atoms with Crippen LogP contribution in [0.3, 0.4) is 0 Å². The van der Waals surface area contributed by atoms with E-state index in [1.165, 1.54) is 0 Å². The molecule has 7 heteroatoms. The van der Waals surface area contributed by atoms with Crippen molar-refractivity contribution < 1.29 is 9.15 Å². The lowest BCUT2D eigenvalue weighted by Gasteiger charge is -2.08. The number of aryl methyl sites for hydroxylation is 2. The Balaban J connectivity index is 1.89. The Morgan fingerprint density at radius 1 is 1.07 bits per heavy atom. The van der Waals surface area contributed by atoms with E-state index >= 15 is 0 Å². The SMILES string of the molecule is COCCN=C(Nc1ccc(C)cc1)c1nc(C#N)c(Nc2ccc(C)cc2)o1. The molecule has 0 saturated heterocycles. The number of ether oxygens (including phenoxy) is 1. The average molecular weight is 389 g/mol. The van der Waals surface area contributed by atoms with E-state index in [1.54, 1.807) is 7.11 Å².